The first-order valence-electron chi connectivity index (χ1n) is 12.7. The average molecular weight is 675 g/mol. The van der Waals surface area contributed by atoms with Crippen molar-refractivity contribution in [1.29, 1.82) is 0 Å². The van der Waals surface area contributed by atoms with E-state index in [1.54, 1.807) is 0 Å². The quantitative estimate of drug-likeness (QED) is 0.164. The molecule has 234 valence electrons. The second-order valence-electron chi connectivity index (χ2n) is 9.85. The van der Waals surface area contributed by atoms with Crippen molar-refractivity contribution in [2.24, 2.45) is 0 Å². The zero-order valence-corrected chi connectivity index (χ0v) is 24.5. The van der Waals surface area contributed by atoms with Gasteiger partial charge in [0.2, 0.25) is 5.95 Å². The molecule has 44 heavy (non-hydrogen) atoms. The summed E-state index contributed by atoms with van der Waals surface area (Å²) in [5, 5.41) is 11.1. The van der Waals surface area contributed by atoms with Gasteiger partial charge in [0.15, 0.2) is 47.4 Å². The van der Waals surface area contributed by atoms with Crippen molar-refractivity contribution in [3.8, 4) is 0 Å². The zero-order chi connectivity index (χ0) is 30.9. The molecule has 0 aromatic carbocycles. The van der Waals surface area contributed by atoms with Gasteiger partial charge in [-0.1, -0.05) is 0 Å². The molecule has 3 aliphatic rings. The fourth-order valence-electron chi connectivity index (χ4n) is 5.17. The number of nitrogens with two attached hydrogens (primary N) is 2. The number of H-pyrrole nitrogens is 1. The molecule has 7 rings (SSSR count). The van der Waals surface area contributed by atoms with Crippen LogP contribution in [0.2, 0.25) is 0 Å². The van der Waals surface area contributed by atoms with Gasteiger partial charge in [0.05, 0.1) is 19.3 Å². The van der Waals surface area contributed by atoms with Gasteiger partial charge in [0.25, 0.3) is 5.56 Å². The fourth-order valence-corrected chi connectivity index (χ4v) is 7.37. The van der Waals surface area contributed by atoms with Crippen LogP contribution in [0.4, 0.5) is 16.2 Å². The van der Waals surface area contributed by atoms with Gasteiger partial charge in [-0.25, -0.2) is 24.3 Å². The number of rotatable bonds is 2. The minimum absolute atomic E-state index is 0.0851. The number of ether oxygens (including phenoxy) is 2. The van der Waals surface area contributed by atoms with Gasteiger partial charge in [-0.15, -0.1) is 9.05 Å². The molecule has 0 spiro atoms. The molecule has 10 atom stereocenters. The second kappa shape index (κ2) is 11.0. The lowest BCUT2D eigenvalue weighted by atomic mass is 10.1. The highest BCUT2D eigenvalue weighted by molar-refractivity contribution is 8.07. The first-order chi connectivity index (χ1) is 21.0. The van der Waals surface area contributed by atoms with Crippen LogP contribution in [0.3, 0.4) is 0 Å². The Kier molecular flexibility index (Phi) is 7.41. The molecule has 0 radical (unpaired) electrons. The molecule has 2 bridgehead atoms. The number of halogens is 1. The van der Waals surface area contributed by atoms with Gasteiger partial charge in [-0.3, -0.25) is 23.4 Å². The van der Waals surface area contributed by atoms with E-state index in [0.717, 1.165) is 10.9 Å². The van der Waals surface area contributed by atoms with E-state index < -0.39 is 82.9 Å². The van der Waals surface area contributed by atoms with Crippen molar-refractivity contribution in [1.82, 2.24) is 39.0 Å². The molecule has 0 saturated carbocycles. The number of nitrogen functional groups attached to an aromatic ring is 2. The summed E-state index contributed by atoms with van der Waals surface area (Å²) in [4.78, 5) is 45.7. The predicted octanol–water partition coefficient (Wildman–Crippen LogP) is -0.691. The summed E-state index contributed by atoms with van der Waals surface area (Å²) in [5.41, 5.74) is 11.1. The van der Waals surface area contributed by atoms with Gasteiger partial charge < -0.3 is 35.5 Å². The van der Waals surface area contributed by atoms with E-state index in [9.17, 15) is 19.4 Å². The van der Waals surface area contributed by atoms with Gasteiger partial charge in [0.1, 0.15) is 42.9 Å². The Morgan fingerprint density at radius 3 is 2.57 bits per heavy atom. The molecule has 7 N–H and O–H groups in total. The number of fused-ring (bicyclic) bond motifs is 5. The fraction of sp³-hybridized carbons (Fsp3) is 0.500. The number of aromatic amines is 1. The monoisotopic (exact) mass is 675 g/mol. The van der Waals surface area contributed by atoms with Gasteiger partial charge in [0, 0.05) is 4.57 Å². The van der Waals surface area contributed by atoms with Gasteiger partial charge in [-0.2, -0.15) is 4.98 Å². The Morgan fingerprint density at radius 2 is 1.77 bits per heavy atom. The number of nitrogens with one attached hydrogen (secondary N) is 1. The molecular formula is C20H22FN10O10P2S+. The Labute approximate surface area is 249 Å². The summed E-state index contributed by atoms with van der Waals surface area (Å²) in [6.07, 6.45) is -8.09. The maximum absolute atomic E-state index is 15.9. The van der Waals surface area contributed by atoms with Crippen LogP contribution >= 0.6 is 15.0 Å². The normalized spacial score (nSPS) is 35.8. The van der Waals surface area contributed by atoms with Crippen molar-refractivity contribution >= 4 is 60.9 Å². The smallest absolute Gasteiger partial charge is 0.387 e. The third-order valence-electron chi connectivity index (χ3n) is 7.17. The second-order valence-corrected chi connectivity index (χ2v) is 13.6. The molecule has 3 aliphatic heterocycles. The Bertz CT molecular complexity index is 1880. The number of hydrogen-bond acceptors (Lipinski definition) is 17. The summed E-state index contributed by atoms with van der Waals surface area (Å²) in [6.45, 7) is -5.35. The molecule has 24 heteroatoms. The number of aliphatic hydroxyl groups excluding tert-OH is 1. The molecule has 20 nitrogen and oxygen atoms in total. The van der Waals surface area contributed by atoms with Crippen LogP contribution in [0.25, 0.3) is 22.3 Å². The van der Waals surface area contributed by atoms with Crippen LogP contribution in [0.1, 0.15) is 12.5 Å². The van der Waals surface area contributed by atoms with Crippen molar-refractivity contribution in [3.63, 3.8) is 0 Å². The molecule has 4 aromatic heterocycles. The Morgan fingerprint density at radius 1 is 1.05 bits per heavy atom. The number of aromatic nitrogens is 8. The van der Waals surface area contributed by atoms with E-state index in [2.05, 4.69) is 29.9 Å². The molecular weight excluding hydrogens is 653 g/mol. The SMILES string of the molecule is Nc1nc2c(ncn2C2OC3COP(O)(=S)OC4C(O)C(CO[P+](=O)OC3C2F)OC4n2cnc3c(N)ncnc32)c(=O)[nH]1. The van der Waals surface area contributed by atoms with Crippen LogP contribution in [0.5, 0.6) is 0 Å². The minimum atomic E-state index is -4.22. The lowest BCUT2D eigenvalue weighted by Gasteiger charge is -2.26. The lowest BCUT2D eigenvalue weighted by molar-refractivity contribution is -0.0583. The summed E-state index contributed by atoms with van der Waals surface area (Å²) >= 11 is 5.21. The standard InChI is InChI=1S/C20H21FN10O10P2S/c21-8-12-7(39-18(8)31-5-27-10-16(31)28-20(23)29-17(10)33)2-37-43(35,44)41-13-11(32)6(1-36-42(34)40-12)38-19(13)30-4-26-9-14(22)24-3-25-15(9)30/h3-8,11-13,18-19,32H,1-2H2,(H5-,22,23,24,25,28,29,33,35,44)/p+1. The topological polar surface area (TPSA) is 272 Å². The first-order valence-corrected chi connectivity index (χ1v) is 16.4. The molecule has 0 aliphatic carbocycles. The zero-order valence-electron chi connectivity index (χ0n) is 21.9. The van der Waals surface area contributed by atoms with Crippen molar-refractivity contribution in [3.05, 3.63) is 29.3 Å². The maximum Gasteiger partial charge on any atom is 0.697 e. The third kappa shape index (κ3) is 5.07. The van der Waals surface area contributed by atoms with Crippen LogP contribution in [0.15, 0.2) is 23.8 Å². The van der Waals surface area contributed by atoms with Crippen LogP contribution < -0.4 is 17.0 Å². The minimum Gasteiger partial charge on any atom is -0.387 e. The number of nitrogens with zero attached hydrogens (tertiary/aromatic N) is 7. The van der Waals surface area contributed by atoms with E-state index >= 15 is 4.39 Å². The van der Waals surface area contributed by atoms with E-state index in [-0.39, 0.29) is 34.1 Å². The largest absolute Gasteiger partial charge is 0.697 e. The number of hydrogen-bond donors (Lipinski definition) is 5. The van der Waals surface area contributed by atoms with Crippen LogP contribution in [-0.4, -0.2) is 98.9 Å². The number of anilines is 2. The van der Waals surface area contributed by atoms with E-state index in [4.69, 9.17) is 50.8 Å². The summed E-state index contributed by atoms with van der Waals surface area (Å²) in [6, 6.07) is 0. The molecule has 4 aromatic rings. The number of aliphatic hydroxyl groups is 1. The van der Waals surface area contributed by atoms with Crippen LogP contribution in [-0.2, 0) is 43.9 Å². The number of alkyl halides is 1. The average Bonchev–Trinajstić information content (AvgIpc) is 3.72. The lowest BCUT2D eigenvalue weighted by Crippen LogP contribution is -2.35. The summed E-state index contributed by atoms with van der Waals surface area (Å²) in [5.74, 6) is -0.159. The van der Waals surface area contributed by atoms with Crippen molar-refractivity contribution < 1.29 is 46.5 Å². The Hall–Kier alpha value is -3.14. The first kappa shape index (κ1) is 29.6. The summed E-state index contributed by atoms with van der Waals surface area (Å²) < 4.78 is 64.9. The van der Waals surface area contributed by atoms with E-state index in [1.165, 1.54) is 17.2 Å². The number of imidazole rings is 2. The highest BCUT2D eigenvalue weighted by Crippen LogP contribution is 2.51. The predicted molar refractivity (Wildman–Crippen MR) is 147 cm³/mol. The molecule has 7 heterocycles. The summed E-state index contributed by atoms with van der Waals surface area (Å²) in [7, 11) is -3.03. The molecule has 10 unspecified atom stereocenters. The van der Waals surface area contributed by atoms with Crippen molar-refractivity contribution in [2.45, 2.75) is 49.1 Å². The van der Waals surface area contributed by atoms with Crippen LogP contribution in [0, 0.1) is 0 Å². The Balaban J connectivity index is 1.18. The van der Waals surface area contributed by atoms with E-state index in [0.29, 0.717) is 0 Å². The maximum atomic E-state index is 15.9. The molecule has 3 saturated heterocycles. The van der Waals surface area contributed by atoms with Gasteiger partial charge >= 0.3 is 15.0 Å². The van der Waals surface area contributed by atoms with Crippen molar-refractivity contribution in [2.75, 3.05) is 24.7 Å². The highest BCUT2D eigenvalue weighted by atomic mass is 32.5. The molecule has 3 fully saturated rings. The highest BCUT2D eigenvalue weighted by Gasteiger charge is 2.55. The van der Waals surface area contributed by atoms with Gasteiger partial charge in [-0.05, 0) is 11.8 Å². The third-order valence-corrected chi connectivity index (χ3v) is 9.51. The van der Waals surface area contributed by atoms with E-state index in [1.807, 2.05) is 0 Å². The molecule has 0 amide bonds.